The van der Waals surface area contributed by atoms with Crippen LogP contribution in [0.1, 0.15) is 5.56 Å². The summed E-state index contributed by atoms with van der Waals surface area (Å²) < 4.78 is 0. The van der Waals surface area contributed by atoms with Gasteiger partial charge in [-0.25, -0.2) is 4.98 Å². The van der Waals surface area contributed by atoms with E-state index < -0.39 is 0 Å². The molecule has 0 saturated carbocycles. The summed E-state index contributed by atoms with van der Waals surface area (Å²) in [5.74, 6) is 0. The number of aromatic amines is 1. The molecule has 0 amide bonds. The van der Waals surface area contributed by atoms with E-state index in [0.29, 0.717) is 0 Å². The fourth-order valence-electron chi connectivity index (χ4n) is 1.98. The van der Waals surface area contributed by atoms with E-state index in [4.69, 9.17) is 0 Å². The number of nitrogens with zero attached hydrogens (tertiary/aromatic N) is 1. The van der Waals surface area contributed by atoms with E-state index >= 15 is 0 Å². The first-order valence-electron chi connectivity index (χ1n) is 5.34. The molecule has 0 aliphatic rings. The molecule has 0 aliphatic carbocycles. The molecule has 0 atom stereocenters. The van der Waals surface area contributed by atoms with Gasteiger partial charge in [0.1, 0.15) is 5.65 Å². The van der Waals surface area contributed by atoms with Crippen molar-refractivity contribution in [1.29, 1.82) is 0 Å². The van der Waals surface area contributed by atoms with E-state index in [1.165, 1.54) is 11.1 Å². The third kappa shape index (κ3) is 1.39. The smallest absolute Gasteiger partial charge is 0.137 e. The maximum Gasteiger partial charge on any atom is 0.137 e. The zero-order valence-electron chi connectivity index (χ0n) is 9.07. The molecular formula is C14H12N2. The van der Waals surface area contributed by atoms with E-state index in [9.17, 15) is 0 Å². The van der Waals surface area contributed by atoms with Crippen LogP contribution >= 0.6 is 0 Å². The molecule has 0 spiro atoms. The first kappa shape index (κ1) is 9.16. The number of rotatable bonds is 1. The van der Waals surface area contributed by atoms with Crippen molar-refractivity contribution in [3.8, 4) is 11.3 Å². The van der Waals surface area contributed by atoms with Crippen LogP contribution in [-0.2, 0) is 0 Å². The molecule has 0 aliphatic heterocycles. The molecule has 0 fully saturated rings. The van der Waals surface area contributed by atoms with E-state index in [-0.39, 0.29) is 0 Å². The van der Waals surface area contributed by atoms with Crippen molar-refractivity contribution in [2.75, 3.05) is 0 Å². The molecule has 1 N–H and O–H groups in total. The highest BCUT2D eigenvalue weighted by Gasteiger charge is 2.04. The fraction of sp³-hybridized carbons (Fsp3) is 0.0714. The number of pyridine rings is 1. The SMILES string of the molecule is Cc1ccccc1-c1cc2cccnc2[nH]1. The molecule has 1 aromatic carbocycles. The molecule has 0 bridgehead atoms. The van der Waals surface area contributed by atoms with Gasteiger partial charge in [-0.1, -0.05) is 24.3 Å². The Morgan fingerprint density at radius 1 is 1.06 bits per heavy atom. The Kier molecular flexibility index (Phi) is 2.00. The van der Waals surface area contributed by atoms with Crippen molar-refractivity contribution in [2.24, 2.45) is 0 Å². The summed E-state index contributed by atoms with van der Waals surface area (Å²) >= 11 is 0. The fourth-order valence-corrected chi connectivity index (χ4v) is 1.98. The Balaban J connectivity index is 2.23. The maximum absolute atomic E-state index is 4.30. The second-order valence-electron chi connectivity index (χ2n) is 3.94. The summed E-state index contributed by atoms with van der Waals surface area (Å²) in [7, 11) is 0. The molecule has 16 heavy (non-hydrogen) atoms. The number of nitrogens with one attached hydrogen (secondary N) is 1. The lowest BCUT2D eigenvalue weighted by molar-refractivity contribution is 1.31. The van der Waals surface area contributed by atoms with E-state index in [2.05, 4.69) is 53.3 Å². The molecule has 0 radical (unpaired) electrons. The topological polar surface area (TPSA) is 28.7 Å². The molecule has 0 saturated heterocycles. The number of hydrogen-bond acceptors (Lipinski definition) is 1. The standard InChI is InChI=1S/C14H12N2/c1-10-5-2-3-7-12(10)13-9-11-6-4-8-15-14(11)16-13/h2-9H,1H3,(H,15,16). The van der Waals surface area contributed by atoms with Crippen LogP contribution in [0.2, 0.25) is 0 Å². The lowest BCUT2D eigenvalue weighted by Gasteiger charge is -2.01. The van der Waals surface area contributed by atoms with Crippen molar-refractivity contribution >= 4 is 11.0 Å². The highest BCUT2D eigenvalue weighted by molar-refractivity contribution is 5.83. The number of benzene rings is 1. The summed E-state index contributed by atoms with van der Waals surface area (Å²) in [6.07, 6.45) is 1.81. The van der Waals surface area contributed by atoms with Crippen LogP contribution in [0, 0.1) is 6.92 Å². The minimum absolute atomic E-state index is 0.945. The third-order valence-corrected chi connectivity index (χ3v) is 2.83. The zero-order chi connectivity index (χ0) is 11.0. The Bertz CT molecular complexity index is 605. The first-order valence-corrected chi connectivity index (χ1v) is 5.34. The van der Waals surface area contributed by atoms with Gasteiger partial charge in [0.25, 0.3) is 0 Å². The molecular weight excluding hydrogens is 196 g/mol. The minimum atomic E-state index is 0.945. The lowest BCUT2D eigenvalue weighted by atomic mass is 10.1. The summed E-state index contributed by atoms with van der Waals surface area (Å²) in [4.78, 5) is 7.64. The van der Waals surface area contributed by atoms with Gasteiger partial charge in [-0.3, -0.25) is 0 Å². The Morgan fingerprint density at radius 2 is 1.94 bits per heavy atom. The van der Waals surface area contributed by atoms with E-state index in [1.807, 2.05) is 6.07 Å². The average Bonchev–Trinajstić information content (AvgIpc) is 2.73. The number of aryl methyl sites for hydroxylation is 1. The third-order valence-electron chi connectivity index (χ3n) is 2.83. The predicted molar refractivity (Wildman–Crippen MR) is 66.3 cm³/mol. The van der Waals surface area contributed by atoms with Crippen LogP contribution in [0.25, 0.3) is 22.3 Å². The molecule has 2 heteroatoms. The van der Waals surface area contributed by atoms with Crippen LogP contribution in [0.5, 0.6) is 0 Å². The van der Waals surface area contributed by atoms with Crippen LogP contribution in [0.4, 0.5) is 0 Å². The quantitative estimate of drug-likeness (QED) is 0.651. The summed E-state index contributed by atoms with van der Waals surface area (Å²) in [6, 6.07) is 14.5. The normalized spacial score (nSPS) is 10.8. The average molecular weight is 208 g/mol. The number of fused-ring (bicyclic) bond motifs is 1. The van der Waals surface area contributed by atoms with Crippen LogP contribution in [-0.4, -0.2) is 9.97 Å². The molecule has 0 unspecified atom stereocenters. The second kappa shape index (κ2) is 3.49. The monoisotopic (exact) mass is 208 g/mol. The Morgan fingerprint density at radius 3 is 2.75 bits per heavy atom. The lowest BCUT2D eigenvalue weighted by Crippen LogP contribution is -1.81. The van der Waals surface area contributed by atoms with Gasteiger partial charge in [0.05, 0.1) is 0 Å². The number of aromatic nitrogens is 2. The van der Waals surface area contributed by atoms with E-state index in [0.717, 1.165) is 16.7 Å². The van der Waals surface area contributed by atoms with Crippen LogP contribution in [0.15, 0.2) is 48.7 Å². The molecule has 2 nitrogen and oxygen atoms in total. The Labute approximate surface area is 94.0 Å². The number of H-pyrrole nitrogens is 1. The highest BCUT2D eigenvalue weighted by Crippen LogP contribution is 2.25. The molecule has 3 aromatic rings. The van der Waals surface area contributed by atoms with Gasteiger partial charge >= 0.3 is 0 Å². The van der Waals surface area contributed by atoms with Crippen molar-refractivity contribution in [2.45, 2.75) is 6.92 Å². The predicted octanol–water partition coefficient (Wildman–Crippen LogP) is 3.54. The first-order chi connectivity index (χ1) is 7.84. The van der Waals surface area contributed by atoms with Gasteiger partial charge in [0.2, 0.25) is 0 Å². The van der Waals surface area contributed by atoms with E-state index in [1.54, 1.807) is 6.20 Å². The molecule has 78 valence electrons. The Hall–Kier alpha value is -2.09. The van der Waals surface area contributed by atoms with Crippen molar-refractivity contribution in [1.82, 2.24) is 9.97 Å². The van der Waals surface area contributed by atoms with Gasteiger partial charge < -0.3 is 4.98 Å². The summed E-state index contributed by atoms with van der Waals surface area (Å²) in [5.41, 5.74) is 4.59. The van der Waals surface area contributed by atoms with Gasteiger partial charge in [-0.2, -0.15) is 0 Å². The van der Waals surface area contributed by atoms with Crippen molar-refractivity contribution in [3.05, 3.63) is 54.2 Å². The molecule has 2 aromatic heterocycles. The van der Waals surface area contributed by atoms with Crippen molar-refractivity contribution < 1.29 is 0 Å². The summed E-state index contributed by atoms with van der Waals surface area (Å²) in [6.45, 7) is 2.12. The van der Waals surface area contributed by atoms with Crippen LogP contribution in [0.3, 0.4) is 0 Å². The minimum Gasteiger partial charge on any atom is -0.339 e. The van der Waals surface area contributed by atoms with Crippen molar-refractivity contribution in [3.63, 3.8) is 0 Å². The molecule has 3 rings (SSSR count). The largest absolute Gasteiger partial charge is 0.339 e. The zero-order valence-corrected chi connectivity index (χ0v) is 9.07. The maximum atomic E-state index is 4.30. The number of hydrogen-bond donors (Lipinski definition) is 1. The highest BCUT2D eigenvalue weighted by atomic mass is 14.8. The van der Waals surface area contributed by atoms with Crippen LogP contribution < -0.4 is 0 Å². The molecule has 2 heterocycles. The summed E-state index contributed by atoms with van der Waals surface area (Å²) in [5, 5.41) is 1.15. The van der Waals surface area contributed by atoms with Gasteiger partial charge in [0.15, 0.2) is 0 Å². The van der Waals surface area contributed by atoms with Gasteiger partial charge in [-0.15, -0.1) is 0 Å². The van der Waals surface area contributed by atoms with Gasteiger partial charge in [-0.05, 0) is 30.7 Å². The second-order valence-corrected chi connectivity index (χ2v) is 3.94. The van der Waals surface area contributed by atoms with Gasteiger partial charge in [0, 0.05) is 22.8 Å².